The molecule has 3 aromatic rings. The second-order valence-corrected chi connectivity index (χ2v) is 7.27. The topological polar surface area (TPSA) is 46.1 Å². The molecule has 0 N–H and O–H groups in total. The van der Waals surface area contributed by atoms with Gasteiger partial charge in [-0.2, -0.15) is 0 Å². The van der Waals surface area contributed by atoms with Crippen LogP contribution in [0.4, 0.5) is 4.39 Å². The van der Waals surface area contributed by atoms with Crippen molar-refractivity contribution in [3.8, 4) is 11.4 Å². The van der Waals surface area contributed by atoms with Crippen LogP contribution in [0.3, 0.4) is 0 Å². The van der Waals surface area contributed by atoms with Crippen molar-refractivity contribution in [1.29, 1.82) is 0 Å². The summed E-state index contributed by atoms with van der Waals surface area (Å²) in [6, 6.07) is 15.8. The Hall–Kier alpha value is -3.08. The maximum Gasteiger partial charge on any atom is 0.253 e. The highest BCUT2D eigenvalue weighted by molar-refractivity contribution is 5.94. The minimum absolute atomic E-state index is 0.0579. The predicted molar refractivity (Wildman–Crippen MR) is 106 cm³/mol. The third-order valence-electron chi connectivity index (χ3n) is 5.20. The fourth-order valence-corrected chi connectivity index (χ4v) is 3.62. The van der Waals surface area contributed by atoms with E-state index in [0.717, 1.165) is 24.1 Å². The smallest absolute Gasteiger partial charge is 0.253 e. The van der Waals surface area contributed by atoms with E-state index in [1.807, 2.05) is 23.1 Å². The van der Waals surface area contributed by atoms with E-state index in [9.17, 15) is 9.18 Å². The standard InChI is InChI=1S/C23H22FN3O/c1-16-4-6-17(7-5-16)22-25-13-12-21(26-22)19-3-2-14-27(15-19)23(28)18-8-10-20(24)11-9-18/h4-13,19H,2-3,14-15H2,1H3/t19-/m1/s1. The van der Waals surface area contributed by atoms with Gasteiger partial charge in [-0.3, -0.25) is 4.79 Å². The van der Waals surface area contributed by atoms with Gasteiger partial charge in [0.25, 0.3) is 5.91 Å². The van der Waals surface area contributed by atoms with E-state index in [1.54, 1.807) is 18.3 Å². The Bertz CT molecular complexity index is 970. The van der Waals surface area contributed by atoms with Crippen LogP contribution in [0.2, 0.25) is 0 Å². The fourth-order valence-electron chi connectivity index (χ4n) is 3.62. The van der Waals surface area contributed by atoms with E-state index >= 15 is 0 Å². The average molecular weight is 375 g/mol. The zero-order valence-corrected chi connectivity index (χ0v) is 15.8. The molecule has 0 radical (unpaired) electrons. The van der Waals surface area contributed by atoms with Crippen molar-refractivity contribution in [1.82, 2.24) is 14.9 Å². The molecule has 2 heterocycles. The Morgan fingerprint density at radius 3 is 2.57 bits per heavy atom. The van der Waals surface area contributed by atoms with Crippen molar-refractivity contribution in [3.63, 3.8) is 0 Å². The summed E-state index contributed by atoms with van der Waals surface area (Å²) in [5, 5.41) is 0. The second-order valence-electron chi connectivity index (χ2n) is 7.27. The molecule has 1 aromatic heterocycles. The van der Waals surface area contributed by atoms with Crippen LogP contribution < -0.4 is 0 Å². The molecule has 0 spiro atoms. The number of piperidine rings is 1. The molecular formula is C23H22FN3O. The second kappa shape index (κ2) is 7.89. The number of carbonyl (C=O) groups is 1. The summed E-state index contributed by atoms with van der Waals surface area (Å²) in [7, 11) is 0. The Morgan fingerprint density at radius 2 is 1.82 bits per heavy atom. The summed E-state index contributed by atoms with van der Waals surface area (Å²) >= 11 is 0. The molecule has 1 saturated heterocycles. The van der Waals surface area contributed by atoms with Crippen LogP contribution in [-0.2, 0) is 0 Å². The molecular weight excluding hydrogens is 353 g/mol. The molecule has 5 heteroatoms. The van der Waals surface area contributed by atoms with Crippen LogP contribution in [-0.4, -0.2) is 33.9 Å². The normalized spacial score (nSPS) is 16.8. The van der Waals surface area contributed by atoms with Crippen molar-refractivity contribution in [2.45, 2.75) is 25.7 Å². The van der Waals surface area contributed by atoms with Gasteiger partial charge < -0.3 is 4.90 Å². The van der Waals surface area contributed by atoms with E-state index < -0.39 is 0 Å². The molecule has 1 aliphatic heterocycles. The Labute approximate surface area is 164 Å². The first-order chi connectivity index (χ1) is 13.6. The van der Waals surface area contributed by atoms with Crippen molar-refractivity contribution in [2.24, 2.45) is 0 Å². The number of halogens is 1. The third-order valence-corrected chi connectivity index (χ3v) is 5.20. The number of rotatable bonds is 3. The first kappa shape index (κ1) is 18.3. The van der Waals surface area contributed by atoms with E-state index in [-0.39, 0.29) is 17.6 Å². The highest BCUT2D eigenvalue weighted by Gasteiger charge is 2.26. The van der Waals surface area contributed by atoms with Gasteiger partial charge >= 0.3 is 0 Å². The number of carbonyl (C=O) groups excluding carboxylic acids is 1. The van der Waals surface area contributed by atoms with Crippen molar-refractivity contribution < 1.29 is 9.18 Å². The number of hydrogen-bond acceptors (Lipinski definition) is 3. The SMILES string of the molecule is Cc1ccc(-c2nccc([C@@H]3CCCN(C(=O)c4ccc(F)cc4)C3)n2)cc1. The summed E-state index contributed by atoms with van der Waals surface area (Å²) in [6.07, 6.45) is 3.69. The van der Waals surface area contributed by atoms with Gasteiger partial charge in [0.2, 0.25) is 0 Å². The van der Waals surface area contributed by atoms with E-state index in [0.29, 0.717) is 24.5 Å². The molecule has 4 rings (SSSR count). The van der Waals surface area contributed by atoms with Gasteiger partial charge in [0, 0.05) is 42.0 Å². The van der Waals surface area contributed by atoms with Crippen LogP contribution in [0.5, 0.6) is 0 Å². The van der Waals surface area contributed by atoms with Crippen molar-refractivity contribution >= 4 is 5.91 Å². The zero-order valence-electron chi connectivity index (χ0n) is 15.8. The van der Waals surface area contributed by atoms with Crippen LogP contribution >= 0.6 is 0 Å². The van der Waals surface area contributed by atoms with Crippen molar-refractivity contribution in [3.05, 3.63) is 83.4 Å². The molecule has 1 amide bonds. The third kappa shape index (κ3) is 3.93. The number of likely N-dealkylation sites (tertiary alicyclic amines) is 1. The molecule has 142 valence electrons. The van der Waals surface area contributed by atoms with Gasteiger partial charge in [-0.25, -0.2) is 14.4 Å². The monoisotopic (exact) mass is 375 g/mol. The molecule has 0 aliphatic carbocycles. The predicted octanol–water partition coefficient (Wildman–Crippen LogP) is 4.61. The first-order valence-corrected chi connectivity index (χ1v) is 9.55. The van der Waals surface area contributed by atoms with Gasteiger partial charge in [-0.1, -0.05) is 29.8 Å². The van der Waals surface area contributed by atoms with Crippen LogP contribution in [0, 0.1) is 12.7 Å². The van der Waals surface area contributed by atoms with Gasteiger partial charge in [0.15, 0.2) is 5.82 Å². The van der Waals surface area contributed by atoms with Gasteiger partial charge in [-0.15, -0.1) is 0 Å². The average Bonchev–Trinajstić information content (AvgIpc) is 2.74. The molecule has 2 aromatic carbocycles. The number of aryl methyl sites for hydroxylation is 1. The van der Waals surface area contributed by atoms with E-state index in [1.165, 1.54) is 17.7 Å². The van der Waals surface area contributed by atoms with Crippen LogP contribution in [0.1, 0.15) is 40.4 Å². The maximum absolute atomic E-state index is 13.1. The number of aromatic nitrogens is 2. The quantitative estimate of drug-likeness (QED) is 0.671. The lowest BCUT2D eigenvalue weighted by Crippen LogP contribution is -2.39. The Balaban J connectivity index is 1.53. The number of benzene rings is 2. The highest BCUT2D eigenvalue weighted by Crippen LogP contribution is 2.28. The van der Waals surface area contributed by atoms with Gasteiger partial charge in [-0.05, 0) is 50.1 Å². The molecule has 0 bridgehead atoms. The van der Waals surface area contributed by atoms with Crippen molar-refractivity contribution in [2.75, 3.05) is 13.1 Å². The molecule has 0 unspecified atom stereocenters. The lowest BCUT2D eigenvalue weighted by atomic mass is 9.94. The molecule has 1 atom stereocenters. The van der Waals surface area contributed by atoms with Crippen LogP contribution in [0.15, 0.2) is 60.8 Å². The molecule has 0 saturated carbocycles. The number of amides is 1. The van der Waals surface area contributed by atoms with Crippen LogP contribution in [0.25, 0.3) is 11.4 Å². The Morgan fingerprint density at radius 1 is 1.07 bits per heavy atom. The lowest BCUT2D eigenvalue weighted by molar-refractivity contribution is 0.0706. The summed E-state index contributed by atoms with van der Waals surface area (Å²) in [5.41, 5.74) is 3.66. The largest absolute Gasteiger partial charge is 0.338 e. The van der Waals surface area contributed by atoms with Gasteiger partial charge in [0.05, 0.1) is 0 Å². The number of nitrogens with zero attached hydrogens (tertiary/aromatic N) is 3. The minimum Gasteiger partial charge on any atom is -0.338 e. The molecule has 28 heavy (non-hydrogen) atoms. The summed E-state index contributed by atoms with van der Waals surface area (Å²) < 4.78 is 13.1. The number of hydrogen-bond donors (Lipinski definition) is 0. The minimum atomic E-state index is -0.335. The molecule has 1 aliphatic rings. The molecule has 1 fully saturated rings. The lowest BCUT2D eigenvalue weighted by Gasteiger charge is -2.32. The highest BCUT2D eigenvalue weighted by atomic mass is 19.1. The van der Waals surface area contributed by atoms with E-state index in [4.69, 9.17) is 4.98 Å². The summed E-state index contributed by atoms with van der Waals surface area (Å²) in [4.78, 5) is 23.8. The van der Waals surface area contributed by atoms with Gasteiger partial charge in [0.1, 0.15) is 5.82 Å². The first-order valence-electron chi connectivity index (χ1n) is 9.55. The molecule has 4 nitrogen and oxygen atoms in total. The fraction of sp³-hybridized carbons (Fsp3) is 0.261. The Kier molecular flexibility index (Phi) is 5.15. The maximum atomic E-state index is 13.1. The summed E-state index contributed by atoms with van der Waals surface area (Å²) in [5.74, 6) is 0.486. The van der Waals surface area contributed by atoms with E-state index in [2.05, 4.69) is 24.0 Å². The zero-order chi connectivity index (χ0) is 19.5. The summed E-state index contributed by atoms with van der Waals surface area (Å²) in [6.45, 7) is 3.37.